The van der Waals surface area contributed by atoms with Gasteiger partial charge in [0.15, 0.2) is 0 Å². The van der Waals surface area contributed by atoms with Crippen LogP contribution in [-0.2, 0) is 6.54 Å². The molecular weight excluding hydrogens is 382 g/mol. The highest BCUT2D eigenvalue weighted by Gasteiger charge is 2.22. The third-order valence-electron chi connectivity index (χ3n) is 5.65. The first kappa shape index (κ1) is 20.3. The van der Waals surface area contributed by atoms with Crippen molar-refractivity contribution in [3.05, 3.63) is 57.9 Å². The minimum Gasteiger partial charge on any atom is -0.507 e. The Bertz CT molecular complexity index is 1120. The van der Waals surface area contributed by atoms with E-state index in [2.05, 4.69) is 11.8 Å². The van der Waals surface area contributed by atoms with Crippen LogP contribution in [0.5, 0.6) is 23.0 Å². The molecule has 1 atom stereocenters. The van der Waals surface area contributed by atoms with Crippen LogP contribution >= 0.6 is 0 Å². The lowest BCUT2D eigenvalue weighted by atomic mass is 9.99. The molecule has 6 nitrogen and oxygen atoms in total. The number of hydrogen-bond acceptors (Lipinski definition) is 6. The summed E-state index contributed by atoms with van der Waals surface area (Å²) >= 11 is 0. The van der Waals surface area contributed by atoms with E-state index in [9.17, 15) is 9.90 Å². The van der Waals surface area contributed by atoms with Crippen LogP contribution in [0.3, 0.4) is 0 Å². The number of aryl methyl sites for hydroxylation is 1. The number of nitrogens with zero attached hydrogens (tertiary/aromatic N) is 1. The van der Waals surface area contributed by atoms with E-state index < -0.39 is 0 Å². The number of hydrogen-bond donors (Lipinski definition) is 1. The fraction of sp³-hybridized carbons (Fsp3) is 0.375. The van der Waals surface area contributed by atoms with Gasteiger partial charge in [-0.2, -0.15) is 0 Å². The highest BCUT2D eigenvalue weighted by molar-refractivity contribution is 5.83. The van der Waals surface area contributed by atoms with Crippen molar-refractivity contribution in [3.63, 3.8) is 0 Å². The standard InChI is InChI=1S/C24H27NO5/c1-15-6-5-11-25(13-15)14-20-21(26)10-9-19-22(27)23(16(2)29-24(19)20)30-18-8-4-7-17(12-18)28-3/h4,7-10,12,15,26H,5-6,11,13-14H2,1-3H3. The summed E-state index contributed by atoms with van der Waals surface area (Å²) in [5, 5.41) is 10.9. The van der Waals surface area contributed by atoms with Crippen molar-refractivity contribution in [1.82, 2.24) is 4.90 Å². The molecule has 30 heavy (non-hydrogen) atoms. The van der Waals surface area contributed by atoms with Crippen LogP contribution in [0.2, 0.25) is 0 Å². The number of fused-ring (bicyclic) bond motifs is 1. The molecule has 3 aromatic rings. The van der Waals surface area contributed by atoms with Crippen molar-refractivity contribution in [2.24, 2.45) is 5.92 Å². The van der Waals surface area contributed by atoms with E-state index in [0.29, 0.717) is 46.3 Å². The summed E-state index contributed by atoms with van der Waals surface area (Å²) in [4.78, 5) is 15.5. The zero-order chi connectivity index (χ0) is 21.3. The Morgan fingerprint density at radius 2 is 2.03 bits per heavy atom. The second-order valence-corrected chi connectivity index (χ2v) is 8.02. The van der Waals surface area contributed by atoms with Crippen LogP contribution in [0.1, 0.15) is 31.1 Å². The average molecular weight is 409 g/mol. The molecule has 1 unspecified atom stereocenters. The second kappa shape index (κ2) is 8.40. The lowest BCUT2D eigenvalue weighted by Gasteiger charge is -2.31. The maximum atomic E-state index is 13.2. The van der Waals surface area contributed by atoms with E-state index in [-0.39, 0.29) is 16.9 Å². The molecule has 1 N–H and O–H groups in total. The van der Waals surface area contributed by atoms with Crippen LogP contribution in [0, 0.1) is 12.8 Å². The lowest BCUT2D eigenvalue weighted by Crippen LogP contribution is -2.33. The van der Waals surface area contributed by atoms with E-state index in [0.717, 1.165) is 19.5 Å². The predicted molar refractivity (Wildman–Crippen MR) is 116 cm³/mol. The maximum absolute atomic E-state index is 13.2. The van der Waals surface area contributed by atoms with E-state index >= 15 is 0 Å². The monoisotopic (exact) mass is 409 g/mol. The molecule has 1 aromatic heterocycles. The zero-order valence-corrected chi connectivity index (χ0v) is 17.6. The van der Waals surface area contributed by atoms with Gasteiger partial charge in [-0.3, -0.25) is 9.69 Å². The minimum absolute atomic E-state index is 0.138. The highest BCUT2D eigenvalue weighted by atomic mass is 16.5. The summed E-state index contributed by atoms with van der Waals surface area (Å²) in [5.74, 6) is 2.40. The topological polar surface area (TPSA) is 72.1 Å². The van der Waals surface area contributed by atoms with Crippen LogP contribution < -0.4 is 14.9 Å². The fourth-order valence-electron chi connectivity index (χ4n) is 4.10. The molecule has 1 aliphatic heterocycles. The van der Waals surface area contributed by atoms with Gasteiger partial charge in [0.2, 0.25) is 11.2 Å². The number of piperidine rings is 1. The summed E-state index contributed by atoms with van der Waals surface area (Å²) in [7, 11) is 1.58. The number of rotatable bonds is 5. The predicted octanol–water partition coefficient (Wildman–Crippen LogP) is 4.84. The number of aromatic hydroxyl groups is 1. The summed E-state index contributed by atoms with van der Waals surface area (Å²) in [6.07, 6.45) is 2.35. The average Bonchev–Trinajstić information content (AvgIpc) is 2.73. The van der Waals surface area contributed by atoms with Gasteiger partial charge in [-0.05, 0) is 56.5 Å². The van der Waals surface area contributed by atoms with Gasteiger partial charge < -0.3 is 19.0 Å². The Morgan fingerprint density at radius 3 is 2.80 bits per heavy atom. The Morgan fingerprint density at radius 1 is 1.23 bits per heavy atom. The number of ether oxygens (including phenoxy) is 2. The number of phenolic OH excluding ortho intramolecular Hbond substituents is 1. The van der Waals surface area contributed by atoms with Gasteiger partial charge in [-0.25, -0.2) is 0 Å². The molecule has 6 heteroatoms. The van der Waals surface area contributed by atoms with Crippen LogP contribution in [-0.4, -0.2) is 30.2 Å². The van der Waals surface area contributed by atoms with Gasteiger partial charge in [0.1, 0.15) is 28.6 Å². The molecule has 2 heterocycles. The van der Waals surface area contributed by atoms with Gasteiger partial charge in [0.05, 0.1) is 18.1 Å². The molecule has 1 fully saturated rings. The molecule has 158 valence electrons. The van der Waals surface area contributed by atoms with E-state index in [1.54, 1.807) is 50.4 Å². The number of phenols is 1. The van der Waals surface area contributed by atoms with Crippen molar-refractivity contribution >= 4 is 11.0 Å². The van der Waals surface area contributed by atoms with E-state index in [4.69, 9.17) is 13.9 Å². The molecule has 0 amide bonds. The minimum atomic E-state index is -0.259. The molecule has 0 bridgehead atoms. The number of methoxy groups -OCH3 is 1. The molecular formula is C24H27NO5. The summed E-state index contributed by atoms with van der Waals surface area (Å²) in [5.41, 5.74) is 0.813. The second-order valence-electron chi connectivity index (χ2n) is 8.02. The van der Waals surface area contributed by atoms with Gasteiger partial charge >= 0.3 is 0 Å². The molecule has 1 saturated heterocycles. The van der Waals surface area contributed by atoms with Crippen LogP contribution in [0.15, 0.2) is 45.6 Å². The van der Waals surface area contributed by atoms with Gasteiger partial charge in [-0.15, -0.1) is 0 Å². The fourth-order valence-corrected chi connectivity index (χ4v) is 4.10. The summed E-state index contributed by atoms with van der Waals surface area (Å²) in [6, 6.07) is 10.2. The molecule has 1 aliphatic rings. The third-order valence-corrected chi connectivity index (χ3v) is 5.65. The Balaban J connectivity index is 1.73. The largest absolute Gasteiger partial charge is 0.507 e. The van der Waals surface area contributed by atoms with E-state index in [1.165, 1.54) is 6.42 Å². The zero-order valence-electron chi connectivity index (χ0n) is 17.6. The number of benzene rings is 2. The quantitative estimate of drug-likeness (QED) is 0.650. The van der Waals surface area contributed by atoms with Crippen LogP contribution in [0.4, 0.5) is 0 Å². The molecule has 4 rings (SSSR count). The first-order valence-corrected chi connectivity index (χ1v) is 10.3. The van der Waals surface area contributed by atoms with Crippen LogP contribution in [0.25, 0.3) is 11.0 Å². The Hall–Kier alpha value is -2.99. The molecule has 0 aliphatic carbocycles. The summed E-state index contributed by atoms with van der Waals surface area (Å²) in [6.45, 7) is 6.43. The van der Waals surface area contributed by atoms with Gasteiger partial charge in [-0.1, -0.05) is 13.0 Å². The van der Waals surface area contributed by atoms with Gasteiger partial charge in [0.25, 0.3) is 0 Å². The van der Waals surface area contributed by atoms with Crippen molar-refractivity contribution in [2.45, 2.75) is 33.2 Å². The van der Waals surface area contributed by atoms with Crippen molar-refractivity contribution in [2.75, 3.05) is 20.2 Å². The molecule has 0 radical (unpaired) electrons. The first-order chi connectivity index (χ1) is 14.5. The SMILES string of the molecule is COc1cccc(Oc2c(C)oc3c(CN4CCCC(C)C4)c(O)ccc3c2=O)c1. The number of likely N-dealkylation sites (tertiary alicyclic amines) is 1. The summed E-state index contributed by atoms with van der Waals surface area (Å²) < 4.78 is 17.1. The molecule has 0 saturated carbocycles. The smallest absolute Gasteiger partial charge is 0.235 e. The Kier molecular flexibility index (Phi) is 5.68. The maximum Gasteiger partial charge on any atom is 0.235 e. The van der Waals surface area contributed by atoms with Crippen molar-refractivity contribution in [1.29, 1.82) is 0 Å². The Labute approximate surface area is 175 Å². The highest BCUT2D eigenvalue weighted by Crippen LogP contribution is 2.33. The lowest BCUT2D eigenvalue weighted by molar-refractivity contribution is 0.175. The normalized spacial score (nSPS) is 17.2. The van der Waals surface area contributed by atoms with Gasteiger partial charge in [0, 0.05) is 19.2 Å². The van der Waals surface area contributed by atoms with E-state index in [1.807, 2.05) is 0 Å². The van der Waals surface area contributed by atoms with Crippen molar-refractivity contribution < 1.29 is 19.0 Å². The third kappa shape index (κ3) is 4.00. The first-order valence-electron chi connectivity index (χ1n) is 10.3. The van der Waals surface area contributed by atoms with Crippen molar-refractivity contribution in [3.8, 4) is 23.0 Å². The molecule has 0 spiro atoms. The molecule has 2 aromatic carbocycles.